The third-order valence-electron chi connectivity index (χ3n) is 9.10. The third kappa shape index (κ3) is 4.30. The normalized spacial score (nSPS) is 19.9. The minimum Gasteiger partial charge on any atom is -1.00 e. The second-order valence-electron chi connectivity index (χ2n) is 10.5. The summed E-state index contributed by atoms with van der Waals surface area (Å²) in [6.45, 7) is 0. The first kappa shape index (κ1) is 25.5. The van der Waals surface area contributed by atoms with E-state index in [1.54, 1.807) is 16.7 Å². The molecular weight excluding hydrogens is 522 g/mol. The molecule has 4 aliphatic carbocycles. The molecule has 0 N–H and O–H groups in total. The van der Waals surface area contributed by atoms with Crippen LogP contribution in [0.3, 0.4) is 0 Å². The second kappa shape index (κ2) is 11.0. The first-order chi connectivity index (χ1) is 15.4. The van der Waals surface area contributed by atoms with Gasteiger partial charge in [-0.2, -0.15) is 0 Å². The van der Waals surface area contributed by atoms with E-state index in [0.29, 0.717) is 0 Å². The number of rotatable bonds is 4. The fourth-order valence-corrected chi connectivity index (χ4v) is 26.3. The molecule has 0 unspecified atom stereocenters. The molecule has 33 heavy (non-hydrogen) atoms. The molecule has 0 heterocycles. The molecule has 0 nitrogen and oxygen atoms in total. The molecule has 0 spiro atoms. The van der Waals surface area contributed by atoms with Gasteiger partial charge in [0.25, 0.3) is 0 Å². The van der Waals surface area contributed by atoms with Gasteiger partial charge in [-0.1, -0.05) is 0 Å². The first-order valence-electron chi connectivity index (χ1n) is 13.0. The third-order valence-corrected chi connectivity index (χ3v) is 25.1. The Labute approximate surface area is 217 Å². The average Bonchev–Trinajstić information content (AvgIpc) is 3.50. The van der Waals surface area contributed by atoms with Gasteiger partial charge < -0.3 is 24.8 Å². The number of fused-ring (bicyclic) bond motifs is 3. The zero-order valence-corrected chi connectivity index (χ0v) is 23.6. The average molecular weight is 559 g/mol. The van der Waals surface area contributed by atoms with E-state index < -0.39 is 20.3 Å². The number of hydrogen-bond donors (Lipinski definition) is 0. The maximum absolute atomic E-state index is 2.90. The van der Waals surface area contributed by atoms with E-state index in [-0.39, 0.29) is 24.8 Å². The Bertz CT molecular complexity index is 1010. The minimum atomic E-state index is -2.90. The minimum absolute atomic E-state index is 0. The Balaban J connectivity index is 0.00000130. The predicted octanol–water partition coefficient (Wildman–Crippen LogP) is 2.39. The SMILES string of the molecule is C1=CC[C]([Zr+2]([c]2cccc3c2Cc2ccccc2-3)([CH]2CCCCC2)[CH]2CCCCC2)=C1.[Cl-].[Cl-]. The van der Waals surface area contributed by atoms with Crippen LogP contribution in [0.25, 0.3) is 11.1 Å². The zero-order chi connectivity index (χ0) is 20.7. The van der Waals surface area contributed by atoms with E-state index in [9.17, 15) is 0 Å². The summed E-state index contributed by atoms with van der Waals surface area (Å²) in [5.41, 5.74) is 6.41. The van der Waals surface area contributed by atoms with Crippen LogP contribution < -0.4 is 28.1 Å². The molecule has 0 aliphatic heterocycles. The molecule has 2 aromatic rings. The van der Waals surface area contributed by atoms with Gasteiger partial charge in [-0.15, -0.1) is 0 Å². The first-order valence-corrected chi connectivity index (χ1v) is 18.3. The molecule has 2 saturated carbocycles. The van der Waals surface area contributed by atoms with Gasteiger partial charge >= 0.3 is 194 Å². The van der Waals surface area contributed by atoms with Crippen LogP contribution in [-0.2, 0) is 26.7 Å². The Morgan fingerprint density at radius 1 is 0.667 bits per heavy atom. The van der Waals surface area contributed by atoms with E-state index in [2.05, 4.69) is 60.7 Å². The molecular formula is C30H36Cl2Zr. The van der Waals surface area contributed by atoms with Gasteiger partial charge in [0, 0.05) is 0 Å². The summed E-state index contributed by atoms with van der Waals surface area (Å²) in [5.74, 6) is 0. The molecule has 0 aromatic heterocycles. The van der Waals surface area contributed by atoms with Crippen molar-refractivity contribution in [3.63, 3.8) is 0 Å². The van der Waals surface area contributed by atoms with E-state index in [1.165, 1.54) is 82.6 Å². The van der Waals surface area contributed by atoms with Crippen LogP contribution in [0.4, 0.5) is 0 Å². The van der Waals surface area contributed by atoms with Crippen LogP contribution in [0.2, 0.25) is 7.25 Å². The van der Waals surface area contributed by atoms with Gasteiger partial charge in [0.15, 0.2) is 0 Å². The van der Waals surface area contributed by atoms with Gasteiger partial charge in [0.2, 0.25) is 0 Å². The van der Waals surface area contributed by atoms with Gasteiger partial charge in [-0.05, 0) is 0 Å². The van der Waals surface area contributed by atoms with Crippen molar-refractivity contribution < 1.29 is 45.1 Å². The summed E-state index contributed by atoms with van der Waals surface area (Å²) in [4.78, 5) is 0. The Hall–Kier alpha value is -0.617. The molecule has 4 aliphatic rings. The van der Waals surface area contributed by atoms with Crippen LogP contribution in [0.1, 0.15) is 81.8 Å². The van der Waals surface area contributed by atoms with Crippen molar-refractivity contribution in [2.24, 2.45) is 0 Å². The number of hydrogen-bond acceptors (Lipinski definition) is 0. The van der Waals surface area contributed by atoms with Crippen LogP contribution >= 0.6 is 0 Å². The smallest absolute Gasteiger partial charge is 1.00 e. The maximum atomic E-state index is 2.66. The van der Waals surface area contributed by atoms with Crippen molar-refractivity contribution in [1.29, 1.82) is 0 Å². The summed E-state index contributed by atoms with van der Waals surface area (Å²) in [6.07, 6.45) is 24.9. The molecule has 0 radical (unpaired) electrons. The number of halogens is 2. The van der Waals surface area contributed by atoms with Crippen molar-refractivity contribution in [3.05, 3.63) is 75.1 Å². The fourth-order valence-electron chi connectivity index (χ4n) is 7.89. The summed E-state index contributed by atoms with van der Waals surface area (Å²) < 4.78 is 5.93. The Morgan fingerprint density at radius 3 is 1.94 bits per heavy atom. The molecule has 0 amide bonds. The summed E-state index contributed by atoms with van der Waals surface area (Å²) in [5, 5.41) is 0. The molecule has 3 heteroatoms. The quantitative estimate of drug-likeness (QED) is 0.462. The van der Waals surface area contributed by atoms with Gasteiger partial charge in [0.1, 0.15) is 0 Å². The molecule has 0 saturated heterocycles. The van der Waals surface area contributed by atoms with Crippen molar-refractivity contribution in [2.75, 3.05) is 0 Å². The molecule has 0 atom stereocenters. The van der Waals surface area contributed by atoms with Gasteiger partial charge in [-0.25, -0.2) is 0 Å². The van der Waals surface area contributed by atoms with Crippen LogP contribution in [0, 0.1) is 0 Å². The van der Waals surface area contributed by atoms with Crippen molar-refractivity contribution in [3.8, 4) is 11.1 Å². The van der Waals surface area contributed by atoms with Gasteiger partial charge in [0.05, 0.1) is 0 Å². The van der Waals surface area contributed by atoms with Crippen molar-refractivity contribution in [1.82, 2.24) is 0 Å². The maximum Gasteiger partial charge on any atom is -1.00 e. The van der Waals surface area contributed by atoms with Crippen LogP contribution in [0.15, 0.2) is 64.0 Å². The monoisotopic (exact) mass is 556 g/mol. The standard InChI is InChI=1S/C13H9.2C6H11.C5H5.2ClH.Zr/c1-3-7-12-10(5-1)9-11-6-2-4-8-13(11)12;2*1-2-4-6-5-3-1;1-2-4-5-3-1;;;/h1-5,7-8H,9H2;2*1H,2-6H2;1-3H,4H2;2*1H;/q;;;;;;+2/p-2. The predicted molar refractivity (Wildman–Crippen MR) is 130 cm³/mol. The van der Waals surface area contributed by atoms with Crippen molar-refractivity contribution >= 4 is 3.27 Å². The summed E-state index contributed by atoms with van der Waals surface area (Å²) in [6, 6.07) is 16.8. The number of allylic oxidation sites excluding steroid dienone is 4. The molecule has 174 valence electrons. The number of benzene rings is 2. The largest absolute Gasteiger partial charge is 1.00 e. The second-order valence-corrected chi connectivity index (χ2v) is 21.7. The van der Waals surface area contributed by atoms with Crippen LogP contribution in [-0.4, -0.2) is 0 Å². The zero-order valence-electron chi connectivity index (χ0n) is 19.7. The van der Waals surface area contributed by atoms with Gasteiger partial charge in [-0.3, -0.25) is 0 Å². The molecule has 2 aromatic carbocycles. The topological polar surface area (TPSA) is 0 Å². The fraction of sp³-hybridized carbons (Fsp3) is 0.467. The summed E-state index contributed by atoms with van der Waals surface area (Å²) >= 11 is -2.90. The van der Waals surface area contributed by atoms with E-state index in [0.717, 1.165) is 7.25 Å². The van der Waals surface area contributed by atoms with Crippen molar-refractivity contribution in [2.45, 2.75) is 84.3 Å². The van der Waals surface area contributed by atoms with E-state index in [4.69, 9.17) is 0 Å². The van der Waals surface area contributed by atoms with E-state index >= 15 is 0 Å². The summed E-state index contributed by atoms with van der Waals surface area (Å²) in [7, 11) is 0. The van der Waals surface area contributed by atoms with Crippen LogP contribution in [0.5, 0.6) is 0 Å². The van der Waals surface area contributed by atoms with E-state index in [1.807, 2.05) is 6.55 Å². The molecule has 0 bridgehead atoms. The Kier molecular flexibility index (Phi) is 8.47. The Morgan fingerprint density at radius 2 is 1.30 bits per heavy atom. The molecule has 2 fully saturated rings. The molecule has 6 rings (SSSR count).